The normalized spacial score (nSPS) is 13.4. The Hall–Kier alpha value is -1.18. The molecule has 0 heterocycles. The standard InChI is InChI=1S/C12H19FN2O3S/c1-2-9(5-6-16)8-15-19(17,18)10-3-4-12(14)11(13)7-10/h3-4,7,9,15-16H,2,5-6,8,14H2,1H3. The summed E-state index contributed by atoms with van der Waals surface area (Å²) in [7, 11) is -3.75. The Morgan fingerprint density at radius 1 is 1.47 bits per heavy atom. The Kier molecular flexibility index (Phi) is 5.71. The van der Waals surface area contributed by atoms with Crippen molar-refractivity contribution < 1.29 is 17.9 Å². The predicted octanol–water partition coefficient (Wildman–Crippen LogP) is 1.09. The number of hydrogen-bond donors (Lipinski definition) is 3. The minimum atomic E-state index is -3.75. The third-order valence-corrected chi connectivity index (χ3v) is 4.38. The Bertz CT molecular complexity index is 520. The highest BCUT2D eigenvalue weighted by atomic mass is 32.2. The first kappa shape index (κ1) is 15.9. The second-order valence-electron chi connectivity index (χ2n) is 4.32. The minimum Gasteiger partial charge on any atom is -0.396 e. The summed E-state index contributed by atoms with van der Waals surface area (Å²) in [5, 5.41) is 8.84. The fraction of sp³-hybridized carbons (Fsp3) is 0.500. The molecular weight excluding hydrogens is 271 g/mol. The summed E-state index contributed by atoms with van der Waals surface area (Å²) in [6.45, 7) is 2.14. The van der Waals surface area contributed by atoms with Crippen LogP contribution in [0.15, 0.2) is 23.1 Å². The zero-order valence-electron chi connectivity index (χ0n) is 10.8. The van der Waals surface area contributed by atoms with Crippen LogP contribution in [0.4, 0.5) is 10.1 Å². The predicted molar refractivity (Wildman–Crippen MR) is 71.5 cm³/mol. The van der Waals surface area contributed by atoms with Gasteiger partial charge in [0.25, 0.3) is 0 Å². The SMILES string of the molecule is CCC(CCO)CNS(=O)(=O)c1ccc(N)c(F)c1. The van der Waals surface area contributed by atoms with E-state index in [2.05, 4.69) is 4.72 Å². The fourth-order valence-corrected chi connectivity index (χ4v) is 2.75. The summed E-state index contributed by atoms with van der Waals surface area (Å²) in [6, 6.07) is 3.37. The number of hydrogen-bond acceptors (Lipinski definition) is 4. The number of rotatable bonds is 7. The number of anilines is 1. The molecule has 1 rings (SSSR count). The van der Waals surface area contributed by atoms with Crippen LogP contribution in [-0.2, 0) is 10.0 Å². The molecule has 0 amide bonds. The molecule has 5 nitrogen and oxygen atoms in total. The molecular formula is C12H19FN2O3S. The zero-order chi connectivity index (χ0) is 14.5. The second-order valence-corrected chi connectivity index (χ2v) is 6.09. The van der Waals surface area contributed by atoms with Crippen LogP contribution in [0.1, 0.15) is 19.8 Å². The van der Waals surface area contributed by atoms with Crippen LogP contribution in [0.3, 0.4) is 0 Å². The summed E-state index contributed by atoms with van der Waals surface area (Å²) in [6.07, 6.45) is 1.27. The first-order valence-electron chi connectivity index (χ1n) is 6.06. The van der Waals surface area contributed by atoms with Crippen molar-refractivity contribution in [2.24, 2.45) is 5.92 Å². The van der Waals surface area contributed by atoms with Crippen molar-refractivity contribution in [3.8, 4) is 0 Å². The van der Waals surface area contributed by atoms with Crippen LogP contribution in [-0.4, -0.2) is 26.7 Å². The third-order valence-electron chi connectivity index (χ3n) is 2.96. The van der Waals surface area contributed by atoms with E-state index in [0.717, 1.165) is 12.5 Å². The number of aliphatic hydroxyl groups is 1. The summed E-state index contributed by atoms with van der Waals surface area (Å²) in [5.74, 6) is -0.705. The van der Waals surface area contributed by atoms with E-state index >= 15 is 0 Å². The van der Waals surface area contributed by atoms with Gasteiger partial charge in [0.05, 0.1) is 10.6 Å². The molecule has 1 unspecified atom stereocenters. The van der Waals surface area contributed by atoms with Gasteiger partial charge in [0.15, 0.2) is 0 Å². The fourth-order valence-electron chi connectivity index (χ4n) is 1.62. The van der Waals surface area contributed by atoms with Crippen molar-refractivity contribution in [1.82, 2.24) is 4.72 Å². The van der Waals surface area contributed by atoms with Crippen LogP contribution >= 0.6 is 0 Å². The molecule has 0 saturated heterocycles. The molecule has 19 heavy (non-hydrogen) atoms. The van der Waals surface area contributed by atoms with Gasteiger partial charge in [-0.05, 0) is 30.5 Å². The van der Waals surface area contributed by atoms with Crippen LogP contribution in [0.5, 0.6) is 0 Å². The monoisotopic (exact) mass is 290 g/mol. The molecule has 7 heteroatoms. The van der Waals surface area contributed by atoms with Crippen LogP contribution in [0.2, 0.25) is 0 Å². The molecule has 0 saturated carbocycles. The third kappa shape index (κ3) is 4.45. The van der Waals surface area contributed by atoms with E-state index in [1.165, 1.54) is 12.1 Å². The number of aliphatic hydroxyl groups excluding tert-OH is 1. The number of sulfonamides is 1. The molecule has 108 valence electrons. The summed E-state index contributed by atoms with van der Waals surface area (Å²) < 4.78 is 39.5. The number of nitrogens with one attached hydrogen (secondary N) is 1. The average Bonchev–Trinajstić information content (AvgIpc) is 2.37. The quantitative estimate of drug-likeness (QED) is 0.656. The lowest BCUT2D eigenvalue weighted by Gasteiger charge is -2.14. The molecule has 0 aliphatic carbocycles. The van der Waals surface area contributed by atoms with Crippen molar-refractivity contribution >= 4 is 15.7 Å². The van der Waals surface area contributed by atoms with Crippen molar-refractivity contribution in [2.45, 2.75) is 24.7 Å². The van der Waals surface area contributed by atoms with Crippen molar-refractivity contribution in [2.75, 3.05) is 18.9 Å². The van der Waals surface area contributed by atoms with E-state index < -0.39 is 15.8 Å². The molecule has 1 atom stereocenters. The van der Waals surface area contributed by atoms with Crippen LogP contribution in [0.25, 0.3) is 0 Å². The molecule has 0 aliphatic rings. The zero-order valence-corrected chi connectivity index (χ0v) is 11.6. The molecule has 0 aliphatic heterocycles. The van der Waals surface area contributed by atoms with E-state index in [0.29, 0.717) is 6.42 Å². The summed E-state index contributed by atoms with van der Waals surface area (Å²) >= 11 is 0. The van der Waals surface area contributed by atoms with E-state index in [-0.39, 0.29) is 29.7 Å². The highest BCUT2D eigenvalue weighted by Crippen LogP contribution is 2.16. The lowest BCUT2D eigenvalue weighted by molar-refractivity contribution is 0.254. The number of nitrogens with two attached hydrogens (primary N) is 1. The first-order valence-corrected chi connectivity index (χ1v) is 7.54. The van der Waals surface area contributed by atoms with Gasteiger partial charge in [-0.3, -0.25) is 0 Å². The molecule has 0 radical (unpaired) electrons. The smallest absolute Gasteiger partial charge is 0.240 e. The highest BCUT2D eigenvalue weighted by molar-refractivity contribution is 7.89. The van der Waals surface area contributed by atoms with Gasteiger partial charge >= 0.3 is 0 Å². The van der Waals surface area contributed by atoms with Crippen LogP contribution < -0.4 is 10.5 Å². The summed E-state index contributed by atoms with van der Waals surface area (Å²) in [4.78, 5) is -0.155. The van der Waals surface area contributed by atoms with Crippen molar-refractivity contribution in [1.29, 1.82) is 0 Å². The maximum Gasteiger partial charge on any atom is 0.240 e. The Morgan fingerprint density at radius 3 is 2.68 bits per heavy atom. The number of halogens is 1. The average molecular weight is 290 g/mol. The van der Waals surface area contributed by atoms with Gasteiger partial charge in [-0.25, -0.2) is 17.5 Å². The molecule has 1 aromatic rings. The number of nitrogen functional groups attached to an aromatic ring is 1. The Labute approximate surface area is 112 Å². The van der Waals surface area contributed by atoms with Gasteiger partial charge in [-0.1, -0.05) is 13.3 Å². The first-order chi connectivity index (χ1) is 8.90. The minimum absolute atomic E-state index is 0.0106. The van der Waals surface area contributed by atoms with Gasteiger partial charge in [-0.2, -0.15) is 0 Å². The molecule has 0 aromatic heterocycles. The van der Waals surface area contributed by atoms with E-state index in [1.54, 1.807) is 0 Å². The molecule has 1 aromatic carbocycles. The molecule has 0 fully saturated rings. The van der Waals surface area contributed by atoms with Gasteiger partial charge < -0.3 is 10.8 Å². The molecule has 0 spiro atoms. The lowest BCUT2D eigenvalue weighted by Crippen LogP contribution is -2.29. The molecule has 4 N–H and O–H groups in total. The lowest BCUT2D eigenvalue weighted by atomic mass is 10.0. The van der Waals surface area contributed by atoms with E-state index in [1.807, 2.05) is 6.92 Å². The van der Waals surface area contributed by atoms with E-state index in [4.69, 9.17) is 10.8 Å². The van der Waals surface area contributed by atoms with Crippen molar-refractivity contribution in [3.05, 3.63) is 24.0 Å². The van der Waals surface area contributed by atoms with Crippen LogP contribution in [0, 0.1) is 11.7 Å². The largest absolute Gasteiger partial charge is 0.396 e. The van der Waals surface area contributed by atoms with Gasteiger partial charge in [0.2, 0.25) is 10.0 Å². The maximum absolute atomic E-state index is 13.2. The van der Waals surface area contributed by atoms with E-state index in [9.17, 15) is 12.8 Å². The summed E-state index contributed by atoms with van der Waals surface area (Å²) in [5.41, 5.74) is 5.21. The van der Waals surface area contributed by atoms with Gasteiger partial charge in [0.1, 0.15) is 5.82 Å². The van der Waals surface area contributed by atoms with Crippen molar-refractivity contribution in [3.63, 3.8) is 0 Å². The Morgan fingerprint density at radius 2 is 2.16 bits per heavy atom. The van der Waals surface area contributed by atoms with Gasteiger partial charge in [0, 0.05) is 13.2 Å². The number of benzene rings is 1. The molecule has 0 bridgehead atoms. The highest BCUT2D eigenvalue weighted by Gasteiger charge is 2.17. The topological polar surface area (TPSA) is 92.4 Å². The Balaban J connectivity index is 2.78. The second kappa shape index (κ2) is 6.83. The maximum atomic E-state index is 13.2. The van der Waals surface area contributed by atoms with Gasteiger partial charge in [-0.15, -0.1) is 0 Å².